The zero-order valence-electron chi connectivity index (χ0n) is 15.5. The number of hydrogen-bond acceptors (Lipinski definition) is 3. The van der Waals surface area contributed by atoms with Gasteiger partial charge in [0.05, 0.1) is 11.3 Å². The fourth-order valence-corrected chi connectivity index (χ4v) is 2.03. The molecule has 0 radical (unpaired) electrons. The molecular weight excluding hydrogens is 296 g/mol. The fraction of sp³-hybridized carbons (Fsp3) is 0.286. The fourth-order valence-electron chi connectivity index (χ4n) is 2.03. The van der Waals surface area contributed by atoms with Crippen LogP contribution in [0.2, 0.25) is 0 Å². The molecule has 0 saturated heterocycles. The Morgan fingerprint density at radius 3 is 2.50 bits per heavy atom. The van der Waals surface area contributed by atoms with Gasteiger partial charge in [0, 0.05) is 18.3 Å². The Morgan fingerprint density at radius 1 is 1.21 bits per heavy atom. The van der Waals surface area contributed by atoms with E-state index in [0.717, 1.165) is 23.4 Å². The summed E-state index contributed by atoms with van der Waals surface area (Å²) in [4.78, 5) is 4.39. The van der Waals surface area contributed by atoms with E-state index in [9.17, 15) is 5.11 Å². The highest BCUT2D eigenvalue weighted by molar-refractivity contribution is 5.87. The molecule has 2 N–H and O–H groups in total. The number of fused-ring (bicyclic) bond motifs is 2. The van der Waals surface area contributed by atoms with E-state index in [-0.39, 0.29) is 5.88 Å². The molecule has 2 bridgehead atoms. The van der Waals surface area contributed by atoms with Gasteiger partial charge in [-0.25, -0.2) is 0 Å². The number of aliphatic imine (C=N–C) groups is 1. The maximum Gasteiger partial charge on any atom is 0.197 e. The molecule has 2 aliphatic rings. The minimum atomic E-state index is 0.139. The van der Waals surface area contributed by atoms with E-state index in [1.807, 2.05) is 77.2 Å². The van der Waals surface area contributed by atoms with Gasteiger partial charge in [0.2, 0.25) is 0 Å². The predicted octanol–water partition coefficient (Wildman–Crippen LogP) is 5.90. The summed E-state index contributed by atoms with van der Waals surface area (Å²) in [5.41, 5.74) is 3.53. The molecule has 130 valence electrons. The van der Waals surface area contributed by atoms with Gasteiger partial charge in [-0.15, -0.1) is 0 Å². The number of rotatable bonds is 4. The minimum Gasteiger partial charge on any atom is -0.494 e. The summed E-state index contributed by atoms with van der Waals surface area (Å²) < 4.78 is 0. The first kappa shape index (κ1) is 21.5. The summed E-state index contributed by atoms with van der Waals surface area (Å²) in [6, 6.07) is 0. The van der Waals surface area contributed by atoms with E-state index in [1.54, 1.807) is 12.3 Å². The zero-order valence-corrected chi connectivity index (χ0v) is 15.5. The number of aliphatic hydroxyl groups excluding tert-OH is 1. The van der Waals surface area contributed by atoms with Crippen LogP contribution in [0.4, 0.5) is 0 Å². The van der Waals surface area contributed by atoms with Crippen molar-refractivity contribution in [2.45, 2.75) is 41.0 Å². The van der Waals surface area contributed by atoms with E-state index in [1.165, 1.54) is 0 Å². The minimum absolute atomic E-state index is 0.139. The lowest BCUT2D eigenvalue weighted by Gasteiger charge is -2.20. The van der Waals surface area contributed by atoms with E-state index >= 15 is 0 Å². The largest absolute Gasteiger partial charge is 0.494 e. The molecule has 24 heavy (non-hydrogen) atoms. The van der Waals surface area contributed by atoms with Crippen molar-refractivity contribution in [1.82, 2.24) is 5.32 Å². The highest BCUT2D eigenvalue weighted by Gasteiger charge is 2.18. The molecule has 0 aromatic rings. The molecule has 0 amide bonds. The van der Waals surface area contributed by atoms with Crippen LogP contribution in [0.1, 0.15) is 41.0 Å². The lowest BCUT2D eigenvalue weighted by Crippen LogP contribution is -2.21. The van der Waals surface area contributed by atoms with Crippen LogP contribution in [0.15, 0.2) is 88.6 Å². The van der Waals surface area contributed by atoms with Crippen molar-refractivity contribution in [2.24, 2.45) is 4.99 Å². The first-order valence-electron chi connectivity index (χ1n) is 8.51. The van der Waals surface area contributed by atoms with Crippen LogP contribution in [0.5, 0.6) is 0 Å². The number of hydrogen-bond donors (Lipinski definition) is 2. The average Bonchev–Trinajstić information content (AvgIpc) is 2.81. The topological polar surface area (TPSA) is 44.6 Å². The van der Waals surface area contributed by atoms with Gasteiger partial charge < -0.3 is 10.4 Å². The van der Waals surface area contributed by atoms with Crippen LogP contribution < -0.4 is 5.32 Å². The van der Waals surface area contributed by atoms with E-state index < -0.39 is 0 Å². The van der Waals surface area contributed by atoms with Gasteiger partial charge in [-0.05, 0) is 30.7 Å². The molecule has 3 nitrogen and oxygen atoms in total. The van der Waals surface area contributed by atoms with Crippen molar-refractivity contribution in [3.63, 3.8) is 0 Å². The second-order valence-electron chi connectivity index (χ2n) is 4.42. The summed E-state index contributed by atoms with van der Waals surface area (Å²) in [6.07, 6.45) is 17.6. The Bertz CT molecular complexity index is 612. The average molecular weight is 326 g/mol. The molecule has 1 aliphatic carbocycles. The summed E-state index contributed by atoms with van der Waals surface area (Å²) in [7, 11) is 0. The molecule has 0 unspecified atom stereocenters. The molecule has 1 aliphatic heterocycles. The normalized spacial score (nSPS) is 16.3. The Hall–Kier alpha value is -2.55. The maximum absolute atomic E-state index is 10.1. The number of allylic oxidation sites excluding steroid dienone is 10. The molecule has 0 fully saturated rings. The SMILES string of the molecule is C=C/C=C(\C=C/C)N=CC1=C(O)NC2=CC=CC=C1C2.CC.CC. The Labute approximate surface area is 146 Å². The van der Waals surface area contributed by atoms with Gasteiger partial charge in [-0.3, -0.25) is 4.99 Å². The summed E-state index contributed by atoms with van der Waals surface area (Å²) in [5, 5.41) is 13.1. The third kappa shape index (κ3) is 6.69. The van der Waals surface area contributed by atoms with Gasteiger partial charge in [-0.2, -0.15) is 0 Å². The molecular formula is C21H30N2O. The summed E-state index contributed by atoms with van der Waals surface area (Å²) in [6.45, 7) is 13.6. The lowest BCUT2D eigenvalue weighted by atomic mass is 9.99. The Balaban J connectivity index is 0.00000123. The van der Waals surface area contributed by atoms with Crippen LogP contribution in [0, 0.1) is 0 Å². The van der Waals surface area contributed by atoms with Crippen LogP contribution in [-0.2, 0) is 0 Å². The van der Waals surface area contributed by atoms with Crippen molar-refractivity contribution in [3.05, 3.63) is 83.6 Å². The van der Waals surface area contributed by atoms with Gasteiger partial charge in [0.25, 0.3) is 0 Å². The third-order valence-electron chi connectivity index (χ3n) is 2.94. The lowest BCUT2D eigenvalue weighted by molar-refractivity contribution is 0.369. The summed E-state index contributed by atoms with van der Waals surface area (Å²) >= 11 is 0. The van der Waals surface area contributed by atoms with E-state index in [0.29, 0.717) is 5.57 Å². The van der Waals surface area contributed by atoms with Crippen LogP contribution in [0.3, 0.4) is 0 Å². The van der Waals surface area contributed by atoms with Crippen LogP contribution in [-0.4, -0.2) is 11.3 Å². The van der Waals surface area contributed by atoms with Gasteiger partial charge in [0.1, 0.15) is 0 Å². The van der Waals surface area contributed by atoms with E-state index in [4.69, 9.17) is 0 Å². The first-order chi connectivity index (χ1) is 11.7. The zero-order chi connectivity index (χ0) is 18.4. The molecule has 0 spiro atoms. The predicted molar refractivity (Wildman–Crippen MR) is 107 cm³/mol. The van der Waals surface area contributed by atoms with Crippen molar-refractivity contribution < 1.29 is 5.11 Å². The van der Waals surface area contributed by atoms with Gasteiger partial charge >= 0.3 is 0 Å². The van der Waals surface area contributed by atoms with Crippen molar-refractivity contribution in [2.75, 3.05) is 0 Å². The van der Waals surface area contributed by atoms with Gasteiger partial charge in [-0.1, -0.05) is 64.7 Å². The Morgan fingerprint density at radius 2 is 1.88 bits per heavy atom. The molecule has 0 saturated carbocycles. The second kappa shape index (κ2) is 12.9. The molecule has 1 heterocycles. The molecule has 0 aromatic carbocycles. The van der Waals surface area contributed by atoms with Gasteiger partial charge in [0.15, 0.2) is 5.88 Å². The third-order valence-corrected chi connectivity index (χ3v) is 2.94. The van der Waals surface area contributed by atoms with Crippen LogP contribution >= 0.6 is 0 Å². The monoisotopic (exact) mass is 326 g/mol. The Kier molecular flexibility index (Phi) is 11.6. The highest BCUT2D eigenvalue weighted by Crippen LogP contribution is 2.26. The quantitative estimate of drug-likeness (QED) is 0.499. The van der Waals surface area contributed by atoms with Crippen molar-refractivity contribution in [3.8, 4) is 0 Å². The maximum atomic E-state index is 10.1. The second-order valence-corrected chi connectivity index (χ2v) is 4.42. The number of nitrogens with one attached hydrogen (secondary N) is 1. The smallest absolute Gasteiger partial charge is 0.197 e. The first-order valence-corrected chi connectivity index (χ1v) is 8.51. The number of aliphatic hydroxyl groups is 1. The highest BCUT2D eigenvalue weighted by atomic mass is 16.3. The summed E-state index contributed by atoms with van der Waals surface area (Å²) in [5.74, 6) is 0.139. The molecule has 0 atom stereocenters. The van der Waals surface area contributed by atoms with E-state index in [2.05, 4.69) is 16.9 Å². The number of nitrogens with zero attached hydrogens (tertiary/aromatic N) is 1. The molecule has 2 rings (SSSR count). The van der Waals surface area contributed by atoms with Crippen LogP contribution in [0.25, 0.3) is 0 Å². The molecule has 0 aromatic heterocycles. The molecule has 3 heteroatoms. The van der Waals surface area contributed by atoms with Crippen molar-refractivity contribution in [1.29, 1.82) is 0 Å². The van der Waals surface area contributed by atoms with Crippen molar-refractivity contribution >= 4 is 6.21 Å². The standard InChI is InChI=1S/C17H18N2O.2C2H6/c1-3-7-14(8-4-2)18-12-16-13-9-5-6-10-15(11-13)19-17(16)20;2*1-2/h3-10,12,19-20H,1,11H2,2H3;2*1-2H3/b8-4-,14-7+,18-12?;;.